The number of aliphatic carboxylic acids is 1. The number of hydrogen-bond donors (Lipinski definition) is 1. The molecule has 8 nitrogen and oxygen atoms in total. The van der Waals surface area contributed by atoms with Crippen molar-refractivity contribution in [3.63, 3.8) is 0 Å². The van der Waals surface area contributed by atoms with E-state index in [1.54, 1.807) is 9.80 Å². The zero-order valence-electron chi connectivity index (χ0n) is 20.5. The number of piperazine rings is 1. The molecule has 1 saturated heterocycles. The van der Waals surface area contributed by atoms with Crippen molar-refractivity contribution in [3.8, 4) is 5.75 Å². The van der Waals surface area contributed by atoms with E-state index in [9.17, 15) is 41.8 Å². The van der Waals surface area contributed by atoms with Gasteiger partial charge in [0.15, 0.2) is 23.2 Å². The number of rotatable bonds is 12. The molecule has 0 saturated carbocycles. The summed E-state index contributed by atoms with van der Waals surface area (Å²) in [6, 6.07) is 8.52. The molecule has 1 amide bonds. The second-order valence-electron chi connectivity index (χ2n) is 8.96. The van der Waals surface area contributed by atoms with Crippen LogP contribution >= 0.6 is 0 Å². The molecule has 204 valence electrons. The molecule has 38 heavy (non-hydrogen) atoms. The number of carbonyl (C=O) groups excluding carboxylic acids is 3. The van der Waals surface area contributed by atoms with Crippen molar-refractivity contribution in [3.05, 3.63) is 65.2 Å². The van der Waals surface area contributed by atoms with Crippen LogP contribution in [0, 0.1) is 29.2 Å². The van der Waals surface area contributed by atoms with Gasteiger partial charge in [-0.2, -0.15) is 8.78 Å². The van der Waals surface area contributed by atoms with Crippen LogP contribution in [0.2, 0.25) is 0 Å². The summed E-state index contributed by atoms with van der Waals surface area (Å²) in [6.07, 6.45) is -1.33. The average molecular weight is 538 g/mol. The van der Waals surface area contributed by atoms with Gasteiger partial charge in [0.05, 0.1) is 19.0 Å². The number of hydrogen-bond acceptors (Lipinski definition) is 6. The normalized spacial score (nSPS) is 15.7. The smallest absolute Gasteiger partial charge is 0.304 e. The van der Waals surface area contributed by atoms with E-state index in [1.807, 2.05) is 30.3 Å². The first-order valence-electron chi connectivity index (χ1n) is 11.8. The Morgan fingerprint density at radius 3 is 2.18 bits per heavy atom. The Bertz CT molecular complexity index is 1180. The number of carbonyl (C=O) groups is 4. The third-order valence-electron chi connectivity index (χ3n) is 6.33. The van der Waals surface area contributed by atoms with Crippen molar-refractivity contribution in [2.75, 3.05) is 26.2 Å². The quantitative estimate of drug-likeness (QED) is 0.327. The maximum atomic E-state index is 13.8. The minimum Gasteiger partial charge on any atom is -0.481 e. The predicted octanol–water partition coefficient (Wildman–Crippen LogP) is 2.97. The third-order valence-corrected chi connectivity index (χ3v) is 6.33. The number of carboxylic acid groups (broad SMARTS) is 1. The van der Waals surface area contributed by atoms with Crippen LogP contribution in [-0.4, -0.2) is 70.6 Å². The van der Waals surface area contributed by atoms with Crippen molar-refractivity contribution < 1.29 is 46.6 Å². The Labute approximate surface area is 215 Å². The summed E-state index contributed by atoms with van der Waals surface area (Å²) in [6.45, 7) is 1.51. The number of benzene rings is 2. The summed E-state index contributed by atoms with van der Waals surface area (Å²) in [4.78, 5) is 52.7. The van der Waals surface area contributed by atoms with Gasteiger partial charge in [0.1, 0.15) is 12.4 Å². The fourth-order valence-electron chi connectivity index (χ4n) is 4.10. The minimum absolute atomic E-state index is 0.0289. The van der Waals surface area contributed by atoms with E-state index in [1.165, 1.54) is 6.92 Å². The van der Waals surface area contributed by atoms with Crippen LogP contribution in [-0.2, 0) is 25.7 Å². The van der Waals surface area contributed by atoms with Gasteiger partial charge in [-0.1, -0.05) is 30.3 Å². The van der Waals surface area contributed by atoms with Crippen LogP contribution in [0.1, 0.15) is 25.3 Å². The summed E-state index contributed by atoms with van der Waals surface area (Å²) in [5.74, 6) is -13.2. The van der Waals surface area contributed by atoms with Gasteiger partial charge in [-0.3, -0.25) is 24.1 Å². The molecule has 2 aromatic carbocycles. The lowest BCUT2D eigenvalue weighted by molar-refractivity contribution is -0.142. The Morgan fingerprint density at radius 2 is 1.61 bits per heavy atom. The Kier molecular flexibility index (Phi) is 9.56. The van der Waals surface area contributed by atoms with E-state index in [4.69, 9.17) is 0 Å². The van der Waals surface area contributed by atoms with Crippen molar-refractivity contribution in [2.24, 2.45) is 5.92 Å². The number of amides is 1. The molecule has 12 heteroatoms. The van der Waals surface area contributed by atoms with E-state index in [0.29, 0.717) is 19.6 Å². The van der Waals surface area contributed by atoms with E-state index in [0.717, 1.165) is 5.56 Å². The zero-order valence-corrected chi connectivity index (χ0v) is 20.5. The number of nitrogens with zero attached hydrogens (tertiary/aromatic N) is 2. The van der Waals surface area contributed by atoms with Crippen LogP contribution < -0.4 is 4.74 Å². The van der Waals surface area contributed by atoms with E-state index in [2.05, 4.69) is 4.74 Å². The van der Waals surface area contributed by atoms with Gasteiger partial charge in [0.25, 0.3) is 0 Å². The van der Waals surface area contributed by atoms with Crippen molar-refractivity contribution >= 4 is 23.4 Å². The molecule has 2 aromatic rings. The monoisotopic (exact) mass is 538 g/mol. The number of ketones is 2. The van der Waals surface area contributed by atoms with Crippen LogP contribution in [0.3, 0.4) is 0 Å². The zero-order chi connectivity index (χ0) is 28.0. The lowest BCUT2D eigenvalue weighted by Gasteiger charge is -2.37. The summed E-state index contributed by atoms with van der Waals surface area (Å²) in [5, 5.41) is 9.18. The average Bonchev–Trinajstić information content (AvgIpc) is 2.88. The highest BCUT2D eigenvalue weighted by molar-refractivity contribution is 5.93. The van der Waals surface area contributed by atoms with Crippen LogP contribution in [0.5, 0.6) is 5.75 Å². The molecule has 1 N–H and O–H groups in total. The molecule has 1 aliphatic rings. The van der Waals surface area contributed by atoms with E-state index < -0.39 is 78.0 Å². The van der Waals surface area contributed by atoms with Gasteiger partial charge in [0, 0.05) is 38.0 Å². The SMILES string of the molecule is C[C@@H](C(=O)C[C@@H](CC(=O)O)C(=O)COc1c(F)c(F)cc(F)c1F)N1CCN(Cc2ccccc2)C(=O)C1. The van der Waals surface area contributed by atoms with E-state index >= 15 is 0 Å². The Balaban J connectivity index is 1.60. The second-order valence-corrected chi connectivity index (χ2v) is 8.96. The largest absolute Gasteiger partial charge is 0.481 e. The molecular weight excluding hydrogens is 512 g/mol. The Hall–Kier alpha value is -3.80. The van der Waals surface area contributed by atoms with Crippen LogP contribution in [0.4, 0.5) is 17.6 Å². The maximum Gasteiger partial charge on any atom is 0.304 e. The molecule has 2 atom stereocenters. The lowest BCUT2D eigenvalue weighted by atomic mass is 9.91. The fraction of sp³-hybridized carbons (Fsp3) is 0.385. The second kappa shape index (κ2) is 12.6. The highest BCUT2D eigenvalue weighted by atomic mass is 19.2. The number of ether oxygens (including phenoxy) is 1. The van der Waals surface area contributed by atoms with Crippen molar-refractivity contribution in [2.45, 2.75) is 32.4 Å². The van der Waals surface area contributed by atoms with Gasteiger partial charge in [0.2, 0.25) is 17.5 Å². The molecule has 0 unspecified atom stereocenters. The summed E-state index contributed by atoms with van der Waals surface area (Å²) in [5.41, 5.74) is 0.955. The molecule has 1 aliphatic heterocycles. The van der Waals surface area contributed by atoms with Gasteiger partial charge in [-0.25, -0.2) is 8.78 Å². The highest BCUT2D eigenvalue weighted by Crippen LogP contribution is 2.27. The van der Waals surface area contributed by atoms with Gasteiger partial charge >= 0.3 is 5.97 Å². The molecule has 1 heterocycles. The highest BCUT2D eigenvalue weighted by Gasteiger charge is 2.33. The van der Waals surface area contributed by atoms with Gasteiger partial charge in [-0.15, -0.1) is 0 Å². The number of carboxylic acids is 1. The van der Waals surface area contributed by atoms with Crippen LogP contribution in [0.15, 0.2) is 36.4 Å². The standard InChI is InChI=1S/C26H26F4N2O6/c1-15(31-7-8-32(22(35)13-31)12-16-5-3-2-4-6-16)20(33)9-17(10-23(36)37)21(34)14-38-26-24(29)18(27)11-19(28)25(26)30/h2-6,11,15,17H,7-10,12-14H2,1H3,(H,36,37)/t15-,17-/m0/s1. The van der Waals surface area contributed by atoms with Gasteiger partial charge in [-0.05, 0) is 12.5 Å². The number of halogens is 4. The fourth-order valence-corrected chi connectivity index (χ4v) is 4.10. The summed E-state index contributed by atoms with van der Waals surface area (Å²) < 4.78 is 59.0. The summed E-state index contributed by atoms with van der Waals surface area (Å²) in [7, 11) is 0. The first-order chi connectivity index (χ1) is 18.0. The van der Waals surface area contributed by atoms with Crippen molar-refractivity contribution in [1.29, 1.82) is 0 Å². The van der Waals surface area contributed by atoms with Crippen molar-refractivity contribution in [1.82, 2.24) is 9.80 Å². The Morgan fingerprint density at radius 1 is 0.974 bits per heavy atom. The van der Waals surface area contributed by atoms with Crippen LogP contribution in [0.25, 0.3) is 0 Å². The lowest BCUT2D eigenvalue weighted by Crippen LogP contribution is -2.54. The van der Waals surface area contributed by atoms with Gasteiger partial charge < -0.3 is 14.7 Å². The molecule has 0 aliphatic carbocycles. The molecule has 0 radical (unpaired) electrons. The molecule has 0 aromatic heterocycles. The minimum atomic E-state index is -1.85. The van der Waals surface area contributed by atoms with E-state index in [-0.39, 0.29) is 18.5 Å². The predicted molar refractivity (Wildman–Crippen MR) is 125 cm³/mol. The topological polar surface area (TPSA) is 104 Å². The molecule has 0 bridgehead atoms. The first-order valence-corrected chi connectivity index (χ1v) is 11.8. The molecule has 3 rings (SSSR count). The maximum absolute atomic E-state index is 13.8. The third kappa shape index (κ3) is 7.15. The first kappa shape index (κ1) is 28.8. The summed E-state index contributed by atoms with van der Waals surface area (Å²) >= 11 is 0. The molecular formula is C26H26F4N2O6. The molecule has 1 fully saturated rings. The molecule has 0 spiro atoms. The number of Topliss-reactive ketones (excluding diaryl/α,β-unsaturated/α-hetero) is 2.